The molecule has 3 aromatic rings. The molecule has 1 amide bonds. The molecule has 0 aliphatic carbocycles. The number of Topliss-reactive ketones (excluding diaryl/α,β-unsaturated/α-hetero) is 1. The Bertz CT molecular complexity index is 1250. The molecular formula is C27H26N2O5. The first-order valence-corrected chi connectivity index (χ1v) is 11.0. The van der Waals surface area contributed by atoms with Crippen LogP contribution in [0, 0.1) is 6.92 Å². The van der Waals surface area contributed by atoms with Gasteiger partial charge < -0.3 is 14.4 Å². The highest BCUT2D eigenvalue weighted by Crippen LogP contribution is 2.42. The van der Waals surface area contributed by atoms with Gasteiger partial charge in [-0.2, -0.15) is 0 Å². The van der Waals surface area contributed by atoms with Crippen LogP contribution in [0.3, 0.4) is 0 Å². The van der Waals surface area contributed by atoms with Crippen molar-refractivity contribution in [3.8, 4) is 5.75 Å². The lowest BCUT2D eigenvalue weighted by molar-refractivity contribution is -0.132. The summed E-state index contributed by atoms with van der Waals surface area (Å²) in [5.74, 6) is -0.210. The number of nitrogens with zero attached hydrogens (tertiary/aromatic N) is 2. The van der Waals surface area contributed by atoms with Crippen molar-refractivity contribution >= 4 is 23.3 Å². The molecule has 34 heavy (non-hydrogen) atoms. The Labute approximate surface area is 197 Å². The van der Waals surface area contributed by atoms with E-state index in [1.165, 1.54) is 4.90 Å². The Morgan fingerprint density at radius 1 is 1.18 bits per heavy atom. The molecule has 174 valence electrons. The van der Waals surface area contributed by atoms with E-state index in [0.717, 1.165) is 5.56 Å². The summed E-state index contributed by atoms with van der Waals surface area (Å²) in [5.41, 5.74) is 2.18. The minimum atomic E-state index is -0.859. The third-order valence-electron chi connectivity index (χ3n) is 5.72. The number of aromatic nitrogens is 1. The fourth-order valence-corrected chi connectivity index (χ4v) is 3.93. The third-order valence-corrected chi connectivity index (χ3v) is 5.72. The number of hydrogen-bond donors (Lipinski definition) is 1. The molecule has 0 saturated carbocycles. The maximum absolute atomic E-state index is 13.2. The normalized spacial score (nSPS) is 17.4. The fraction of sp³-hybridized carbons (Fsp3) is 0.222. The summed E-state index contributed by atoms with van der Waals surface area (Å²) in [6.07, 6.45) is 1.63. The number of aliphatic hydroxyl groups is 1. The summed E-state index contributed by atoms with van der Waals surface area (Å²) in [7, 11) is 0. The van der Waals surface area contributed by atoms with E-state index in [9.17, 15) is 14.7 Å². The highest BCUT2D eigenvalue weighted by atomic mass is 16.5. The molecule has 1 saturated heterocycles. The van der Waals surface area contributed by atoms with Crippen molar-refractivity contribution in [2.45, 2.75) is 32.7 Å². The van der Waals surface area contributed by atoms with Crippen molar-refractivity contribution in [3.05, 3.63) is 95.3 Å². The van der Waals surface area contributed by atoms with Gasteiger partial charge in [0.2, 0.25) is 0 Å². The van der Waals surface area contributed by atoms with Gasteiger partial charge in [0.15, 0.2) is 5.82 Å². The quantitative estimate of drug-likeness (QED) is 0.224. The molecular weight excluding hydrogens is 432 g/mol. The smallest absolute Gasteiger partial charge is 0.301 e. The van der Waals surface area contributed by atoms with Crippen LogP contribution in [0.5, 0.6) is 5.75 Å². The average molecular weight is 459 g/mol. The number of carbonyl (C=O) groups excluding carboxylic acids is 2. The lowest BCUT2D eigenvalue weighted by atomic mass is 9.93. The number of benzene rings is 2. The van der Waals surface area contributed by atoms with Crippen LogP contribution in [0.1, 0.15) is 48.3 Å². The van der Waals surface area contributed by atoms with Crippen molar-refractivity contribution in [3.63, 3.8) is 0 Å². The van der Waals surface area contributed by atoms with E-state index < -0.39 is 17.7 Å². The molecule has 0 bridgehead atoms. The number of aliphatic hydroxyl groups excluding tert-OH is 1. The monoisotopic (exact) mass is 458 g/mol. The fourth-order valence-electron chi connectivity index (χ4n) is 3.93. The van der Waals surface area contributed by atoms with E-state index in [1.54, 1.807) is 43.3 Å². The Morgan fingerprint density at radius 3 is 2.41 bits per heavy atom. The summed E-state index contributed by atoms with van der Waals surface area (Å²) in [4.78, 5) is 27.6. The van der Waals surface area contributed by atoms with Gasteiger partial charge in [-0.3, -0.25) is 14.5 Å². The van der Waals surface area contributed by atoms with Gasteiger partial charge in [-0.05, 0) is 48.2 Å². The largest absolute Gasteiger partial charge is 0.507 e. The maximum Gasteiger partial charge on any atom is 0.301 e. The van der Waals surface area contributed by atoms with Crippen molar-refractivity contribution in [1.29, 1.82) is 0 Å². The maximum atomic E-state index is 13.2. The summed E-state index contributed by atoms with van der Waals surface area (Å²) in [6.45, 7) is 9.84. The first-order valence-electron chi connectivity index (χ1n) is 11.0. The summed E-state index contributed by atoms with van der Waals surface area (Å²) in [5, 5.41) is 15.2. The van der Waals surface area contributed by atoms with Gasteiger partial charge in [-0.25, -0.2) is 0 Å². The van der Waals surface area contributed by atoms with Crippen LogP contribution in [-0.2, 0) is 9.59 Å². The Hall–Kier alpha value is -4.13. The van der Waals surface area contributed by atoms with Crippen LogP contribution in [0.4, 0.5) is 5.82 Å². The van der Waals surface area contributed by atoms with Crippen molar-refractivity contribution < 1.29 is 24.0 Å². The Morgan fingerprint density at radius 2 is 1.85 bits per heavy atom. The van der Waals surface area contributed by atoms with Gasteiger partial charge in [0.05, 0.1) is 11.6 Å². The van der Waals surface area contributed by atoms with E-state index >= 15 is 0 Å². The lowest BCUT2D eigenvalue weighted by Gasteiger charge is -2.23. The van der Waals surface area contributed by atoms with E-state index in [1.807, 2.05) is 24.3 Å². The minimum absolute atomic E-state index is 0.0114. The Balaban J connectivity index is 1.83. The SMILES string of the molecule is C=CCOc1ccc(C(O)=C2C(=O)C(=O)N(c3cc(C)on3)[C@@H]2c2ccc(C(C)C)cc2)cc1. The van der Waals surface area contributed by atoms with E-state index in [0.29, 0.717) is 35.2 Å². The molecule has 1 aliphatic heterocycles. The van der Waals surface area contributed by atoms with Gasteiger partial charge >= 0.3 is 5.91 Å². The lowest BCUT2D eigenvalue weighted by Crippen LogP contribution is -2.29. The second-order valence-corrected chi connectivity index (χ2v) is 8.41. The molecule has 0 spiro atoms. The molecule has 1 aliphatic rings. The van der Waals surface area contributed by atoms with Crippen molar-refractivity contribution in [1.82, 2.24) is 5.16 Å². The standard InChI is InChI=1S/C27H26N2O5/c1-5-14-33-21-12-10-20(11-13-21)25(30)23-24(19-8-6-18(7-9-19)16(2)3)29(27(32)26(23)31)22-15-17(4)34-28-22/h5-13,15-16,24,30H,1,14H2,2-4H3/t24-/m1/s1. The van der Waals surface area contributed by atoms with Crippen LogP contribution in [0.25, 0.3) is 5.76 Å². The van der Waals surface area contributed by atoms with E-state index in [4.69, 9.17) is 9.26 Å². The van der Waals surface area contributed by atoms with Crippen LogP contribution in [-0.4, -0.2) is 28.6 Å². The molecule has 1 aromatic heterocycles. The van der Waals surface area contributed by atoms with Crippen LogP contribution < -0.4 is 9.64 Å². The molecule has 4 rings (SSSR count). The summed E-state index contributed by atoms with van der Waals surface area (Å²) < 4.78 is 10.7. The number of amides is 1. The van der Waals surface area contributed by atoms with Gasteiger partial charge in [0, 0.05) is 11.6 Å². The Kier molecular flexibility index (Phi) is 6.36. The molecule has 2 aromatic carbocycles. The molecule has 0 unspecified atom stereocenters. The highest BCUT2D eigenvalue weighted by molar-refractivity contribution is 6.51. The molecule has 1 atom stereocenters. The predicted octanol–water partition coefficient (Wildman–Crippen LogP) is 5.30. The van der Waals surface area contributed by atoms with Gasteiger partial charge in [0.1, 0.15) is 23.9 Å². The van der Waals surface area contributed by atoms with Crippen LogP contribution in [0.2, 0.25) is 0 Å². The number of hydrogen-bond acceptors (Lipinski definition) is 6. The molecule has 7 nitrogen and oxygen atoms in total. The average Bonchev–Trinajstić information content (AvgIpc) is 3.38. The first-order chi connectivity index (χ1) is 16.3. The number of anilines is 1. The number of aryl methyl sites for hydroxylation is 1. The number of carbonyl (C=O) groups is 2. The van der Waals surface area contributed by atoms with E-state index in [2.05, 4.69) is 25.6 Å². The second kappa shape index (κ2) is 9.39. The zero-order chi connectivity index (χ0) is 24.4. The van der Waals surface area contributed by atoms with E-state index in [-0.39, 0.29) is 17.2 Å². The van der Waals surface area contributed by atoms with Crippen molar-refractivity contribution in [2.75, 3.05) is 11.5 Å². The third kappa shape index (κ3) is 4.24. The first kappa shape index (κ1) is 23.0. The number of ketones is 1. The summed E-state index contributed by atoms with van der Waals surface area (Å²) in [6, 6.07) is 15.0. The molecule has 2 heterocycles. The molecule has 7 heteroatoms. The number of rotatable bonds is 7. The molecule has 1 N–H and O–H groups in total. The van der Waals surface area contributed by atoms with Gasteiger partial charge in [-0.15, -0.1) is 0 Å². The van der Waals surface area contributed by atoms with Crippen molar-refractivity contribution in [2.24, 2.45) is 0 Å². The molecule has 1 fully saturated rings. The minimum Gasteiger partial charge on any atom is -0.507 e. The van der Waals surface area contributed by atoms with Gasteiger partial charge in [0.25, 0.3) is 5.78 Å². The predicted molar refractivity (Wildman–Crippen MR) is 129 cm³/mol. The zero-order valence-electron chi connectivity index (χ0n) is 19.3. The van der Waals surface area contributed by atoms with Gasteiger partial charge in [-0.1, -0.05) is 55.9 Å². The second-order valence-electron chi connectivity index (χ2n) is 8.41. The molecule has 0 radical (unpaired) electrons. The van der Waals surface area contributed by atoms with Crippen LogP contribution in [0.15, 0.2) is 77.3 Å². The highest BCUT2D eigenvalue weighted by Gasteiger charge is 2.48. The zero-order valence-corrected chi connectivity index (χ0v) is 19.3. The number of ether oxygens (including phenoxy) is 1. The van der Waals surface area contributed by atoms with Crippen LogP contribution >= 0.6 is 0 Å². The topological polar surface area (TPSA) is 92.9 Å². The summed E-state index contributed by atoms with van der Waals surface area (Å²) >= 11 is 0.